The van der Waals surface area contributed by atoms with Crippen LogP contribution in [-0.2, 0) is 16.0 Å². The molecule has 2 rings (SSSR count). The zero-order chi connectivity index (χ0) is 15.8. The molecule has 1 aliphatic heterocycles. The molecule has 0 aromatic heterocycles. The van der Waals surface area contributed by atoms with Crippen LogP contribution in [0.4, 0.5) is 0 Å². The van der Waals surface area contributed by atoms with E-state index in [1.54, 1.807) is 14.2 Å². The van der Waals surface area contributed by atoms with E-state index in [9.17, 15) is 4.79 Å². The van der Waals surface area contributed by atoms with Crippen LogP contribution in [0.1, 0.15) is 18.4 Å². The predicted octanol–water partition coefficient (Wildman–Crippen LogP) is 1.89. The number of carbonyl (C=O) groups is 1. The van der Waals surface area contributed by atoms with Gasteiger partial charge in [0.1, 0.15) is 5.75 Å². The summed E-state index contributed by atoms with van der Waals surface area (Å²) in [6.45, 7) is 2.56. The minimum absolute atomic E-state index is 0. The molecule has 1 aromatic carbocycles. The van der Waals surface area contributed by atoms with Gasteiger partial charge in [0, 0.05) is 26.2 Å². The maximum Gasteiger partial charge on any atom is 0.236 e. The first-order valence-electron chi connectivity index (χ1n) is 7.87. The van der Waals surface area contributed by atoms with Gasteiger partial charge in [-0.3, -0.25) is 4.79 Å². The maximum atomic E-state index is 12.4. The van der Waals surface area contributed by atoms with Gasteiger partial charge in [0.15, 0.2) is 0 Å². The van der Waals surface area contributed by atoms with Crippen molar-refractivity contribution in [3.8, 4) is 5.75 Å². The number of nitrogens with zero attached hydrogens (tertiary/aromatic N) is 1. The van der Waals surface area contributed by atoms with Crippen LogP contribution in [0, 0.1) is 0 Å². The molecule has 1 aliphatic rings. The van der Waals surface area contributed by atoms with Gasteiger partial charge in [0.2, 0.25) is 5.91 Å². The lowest BCUT2D eigenvalue weighted by Gasteiger charge is -2.25. The number of hydrogen-bond donors (Lipinski definition) is 1. The van der Waals surface area contributed by atoms with Crippen molar-refractivity contribution < 1.29 is 14.3 Å². The molecule has 1 N–H and O–H groups in total. The molecule has 0 radical (unpaired) electrons. The Morgan fingerprint density at radius 3 is 2.87 bits per heavy atom. The number of likely N-dealkylation sites (tertiary alicyclic amines) is 1. The Kier molecular flexibility index (Phi) is 8.99. The van der Waals surface area contributed by atoms with Crippen molar-refractivity contribution >= 4 is 18.3 Å². The molecule has 0 spiro atoms. The first-order valence-corrected chi connectivity index (χ1v) is 7.87. The van der Waals surface area contributed by atoms with E-state index in [1.807, 2.05) is 23.1 Å². The number of methoxy groups -OCH3 is 2. The van der Waals surface area contributed by atoms with Gasteiger partial charge in [0.05, 0.1) is 20.3 Å². The van der Waals surface area contributed by atoms with E-state index >= 15 is 0 Å². The third-order valence-corrected chi connectivity index (χ3v) is 4.10. The third kappa shape index (κ3) is 5.68. The van der Waals surface area contributed by atoms with Crippen LogP contribution in [-0.4, -0.2) is 57.3 Å². The van der Waals surface area contributed by atoms with Crippen LogP contribution in [0.2, 0.25) is 0 Å². The lowest BCUT2D eigenvalue weighted by Crippen LogP contribution is -2.42. The number of para-hydroxylation sites is 1. The molecular formula is C17H27ClN2O3. The minimum atomic E-state index is 0. The number of ether oxygens (including phenoxy) is 2. The van der Waals surface area contributed by atoms with E-state index in [4.69, 9.17) is 9.47 Å². The number of rotatable bonds is 8. The number of hydrogen-bond acceptors (Lipinski definition) is 4. The van der Waals surface area contributed by atoms with E-state index in [2.05, 4.69) is 11.4 Å². The average Bonchev–Trinajstić information content (AvgIpc) is 3.00. The van der Waals surface area contributed by atoms with Crippen molar-refractivity contribution in [2.45, 2.75) is 25.3 Å². The van der Waals surface area contributed by atoms with Gasteiger partial charge in [-0.05, 0) is 30.9 Å². The van der Waals surface area contributed by atoms with E-state index < -0.39 is 0 Å². The van der Waals surface area contributed by atoms with Crippen LogP contribution >= 0.6 is 12.4 Å². The van der Waals surface area contributed by atoms with Gasteiger partial charge in [-0.25, -0.2) is 0 Å². The molecule has 6 heteroatoms. The summed E-state index contributed by atoms with van der Waals surface area (Å²) in [5.74, 6) is 1.08. The van der Waals surface area contributed by atoms with E-state index in [0.717, 1.165) is 31.6 Å². The zero-order valence-electron chi connectivity index (χ0n) is 13.9. The van der Waals surface area contributed by atoms with Crippen molar-refractivity contribution in [3.63, 3.8) is 0 Å². The van der Waals surface area contributed by atoms with Crippen LogP contribution in [0.5, 0.6) is 5.75 Å². The molecule has 0 bridgehead atoms. The molecule has 1 unspecified atom stereocenters. The molecule has 1 saturated heterocycles. The molecule has 1 aromatic rings. The molecule has 1 amide bonds. The fourth-order valence-corrected chi connectivity index (χ4v) is 2.97. The number of halogens is 1. The molecule has 23 heavy (non-hydrogen) atoms. The van der Waals surface area contributed by atoms with Gasteiger partial charge < -0.3 is 19.7 Å². The smallest absolute Gasteiger partial charge is 0.236 e. The molecule has 5 nitrogen and oxygen atoms in total. The van der Waals surface area contributed by atoms with Gasteiger partial charge in [-0.2, -0.15) is 0 Å². The standard InChI is InChI=1S/C17H26N2O3.ClH/c1-21-11-9-18-13-17(20)19-10-5-7-15(19)12-14-6-3-4-8-16(14)22-2;/h3-4,6,8,15,18H,5,7,9-13H2,1-2H3;1H. The molecular weight excluding hydrogens is 316 g/mol. The van der Waals surface area contributed by atoms with Crippen LogP contribution in [0.15, 0.2) is 24.3 Å². The van der Waals surface area contributed by atoms with E-state index in [1.165, 1.54) is 5.56 Å². The second-order valence-corrected chi connectivity index (χ2v) is 5.57. The maximum absolute atomic E-state index is 12.4. The highest BCUT2D eigenvalue weighted by Crippen LogP contribution is 2.25. The summed E-state index contributed by atoms with van der Waals surface area (Å²) in [7, 11) is 3.35. The first-order chi connectivity index (χ1) is 10.8. The largest absolute Gasteiger partial charge is 0.496 e. The lowest BCUT2D eigenvalue weighted by atomic mass is 10.0. The third-order valence-electron chi connectivity index (χ3n) is 4.10. The summed E-state index contributed by atoms with van der Waals surface area (Å²) in [5.41, 5.74) is 1.17. The number of amides is 1. The Hall–Kier alpha value is -1.30. The van der Waals surface area contributed by atoms with Crippen molar-refractivity contribution in [2.75, 3.05) is 40.5 Å². The Balaban J connectivity index is 0.00000264. The lowest BCUT2D eigenvalue weighted by molar-refractivity contribution is -0.131. The summed E-state index contributed by atoms with van der Waals surface area (Å²) in [5, 5.41) is 3.13. The topological polar surface area (TPSA) is 50.8 Å². The monoisotopic (exact) mass is 342 g/mol. The normalized spacial score (nSPS) is 17.0. The Morgan fingerprint density at radius 1 is 1.35 bits per heavy atom. The van der Waals surface area contributed by atoms with Crippen LogP contribution in [0.25, 0.3) is 0 Å². The highest BCUT2D eigenvalue weighted by molar-refractivity contribution is 5.85. The molecule has 130 valence electrons. The summed E-state index contributed by atoms with van der Waals surface area (Å²) in [4.78, 5) is 14.4. The fraction of sp³-hybridized carbons (Fsp3) is 0.588. The number of benzene rings is 1. The fourth-order valence-electron chi connectivity index (χ4n) is 2.97. The van der Waals surface area contributed by atoms with E-state index in [-0.39, 0.29) is 24.4 Å². The van der Waals surface area contributed by atoms with Gasteiger partial charge >= 0.3 is 0 Å². The number of nitrogens with one attached hydrogen (secondary N) is 1. The van der Waals surface area contributed by atoms with E-state index in [0.29, 0.717) is 19.7 Å². The molecule has 1 fully saturated rings. The van der Waals surface area contributed by atoms with Crippen molar-refractivity contribution in [1.29, 1.82) is 0 Å². The van der Waals surface area contributed by atoms with Crippen LogP contribution in [0.3, 0.4) is 0 Å². The summed E-state index contributed by atoms with van der Waals surface area (Å²) in [6.07, 6.45) is 2.99. The Morgan fingerprint density at radius 2 is 2.13 bits per heavy atom. The SMILES string of the molecule is COCCNCC(=O)N1CCCC1Cc1ccccc1OC.Cl. The quantitative estimate of drug-likeness (QED) is 0.733. The van der Waals surface area contributed by atoms with Crippen molar-refractivity contribution in [1.82, 2.24) is 10.2 Å². The average molecular weight is 343 g/mol. The Labute approximate surface area is 144 Å². The molecule has 1 heterocycles. The highest BCUT2D eigenvalue weighted by Gasteiger charge is 2.28. The van der Waals surface area contributed by atoms with Gasteiger partial charge in [-0.15, -0.1) is 12.4 Å². The predicted molar refractivity (Wildman–Crippen MR) is 93.4 cm³/mol. The summed E-state index contributed by atoms with van der Waals surface area (Å²) in [6, 6.07) is 8.32. The second kappa shape index (κ2) is 10.5. The van der Waals surface area contributed by atoms with Gasteiger partial charge in [0.25, 0.3) is 0 Å². The number of carbonyl (C=O) groups excluding carboxylic acids is 1. The van der Waals surface area contributed by atoms with Gasteiger partial charge in [-0.1, -0.05) is 18.2 Å². The minimum Gasteiger partial charge on any atom is -0.496 e. The van der Waals surface area contributed by atoms with Crippen molar-refractivity contribution in [3.05, 3.63) is 29.8 Å². The molecule has 0 aliphatic carbocycles. The highest BCUT2D eigenvalue weighted by atomic mass is 35.5. The molecule has 0 saturated carbocycles. The zero-order valence-corrected chi connectivity index (χ0v) is 14.7. The first kappa shape index (κ1) is 19.7. The second-order valence-electron chi connectivity index (χ2n) is 5.57. The van der Waals surface area contributed by atoms with Crippen molar-refractivity contribution in [2.24, 2.45) is 0 Å². The van der Waals surface area contributed by atoms with Crippen LogP contribution < -0.4 is 10.1 Å². The molecule has 1 atom stereocenters. The summed E-state index contributed by atoms with van der Waals surface area (Å²) >= 11 is 0. The summed E-state index contributed by atoms with van der Waals surface area (Å²) < 4.78 is 10.4. The Bertz CT molecular complexity index is 485.